The largest absolute Gasteiger partial charge is 0.480 e. The summed E-state index contributed by atoms with van der Waals surface area (Å²) in [6.07, 6.45) is 0.287. The molecule has 1 aliphatic rings. The maximum atomic E-state index is 12.6. The van der Waals surface area contributed by atoms with E-state index in [4.69, 9.17) is 22.3 Å². The Morgan fingerprint density at radius 3 is 2.27 bits per heavy atom. The monoisotopic (exact) mass is 428 g/mol. The van der Waals surface area contributed by atoms with Crippen molar-refractivity contribution in [2.75, 3.05) is 6.54 Å². The van der Waals surface area contributed by atoms with Crippen LogP contribution in [0.1, 0.15) is 39.0 Å². The quantitative estimate of drug-likeness (QED) is 0.193. The van der Waals surface area contributed by atoms with E-state index in [9.17, 15) is 28.8 Å². The molecule has 9 N–H and O–H groups in total. The number of rotatable bonds is 11. The molecule has 1 aliphatic heterocycles. The first-order valence-corrected chi connectivity index (χ1v) is 9.40. The van der Waals surface area contributed by atoms with Crippen LogP contribution in [0.25, 0.3) is 0 Å². The van der Waals surface area contributed by atoms with Crippen molar-refractivity contribution < 1.29 is 33.9 Å². The topological polar surface area (TPSA) is 228 Å². The lowest BCUT2D eigenvalue weighted by atomic mass is 10.1. The van der Waals surface area contributed by atoms with Gasteiger partial charge in [-0.15, -0.1) is 0 Å². The van der Waals surface area contributed by atoms with Gasteiger partial charge in [-0.3, -0.25) is 24.0 Å². The Bertz CT molecular complexity index is 713. The molecule has 1 heterocycles. The lowest BCUT2D eigenvalue weighted by molar-refractivity contribution is -0.144. The summed E-state index contributed by atoms with van der Waals surface area (Å²) in [6, 6.07) is -4.50. The molecular formula is C17H28N6O7. The molecule has 0 saturated carbocycles. The maximum absolute atomic E-state index is 12.6. The Balaban J connectivity index is 2.69. The zero-order chi connectivity index (χ0) is 23.0. The normalized spacial score (nSPS) is 18.7. The Labute approximate surface area is 172 Å². The van der Waals surface area contributed by atoms with Gasteiger partial charge in [0.25, 0.3) is 0 Å². The highest BCUT2D eigenvalue weighted by Crippen LogP contribution is 2.19. The number of aliphatic carboxylic acids is 1. The molecule has 13 heteroatoms. The minimum atomic E-state index is -1.53. The van der Waals surface area contributed by atoms with E-state index in [0.717, 1.165) is 0 Å². The molecule has 168 valence electrons. The number of hydrogen-bond acceptors (Lipinski definition) is 7. The Kier molecular flexibility index (Phi) is 9.17. The van der Waals surface area contributed by atoms with Gasteiger partial charge in [-0.05, 0) is 26.2 Å². The minimum absolute atomic E-state index is 0.0499. The van der Waals surface area contributed by atoms with Gasteiger partial charge in [0.05, 0.1) is 12.5 Å². The molecule has 0 bridgehead atoms. The van der Waals surface area contributed by atoms with Crippen LogP contribution in [0.5, 0.6) is 0 Å². The number of carbonyl (C=O) groups is 6. The minimum Gasteiger partial charge on any atom is -0.480 e. The van der Waals surface area contributed by atoms with Crippen molar-refractivity contribution in [3.05, 3.63) is 0 Å². The summed E-state index contributed by atoms with van der Waals surface area (Å²) in [6.45, 7) is 1.62. The summed E-state index contributed by atoms with van der Waals surface area (Å²) >= 11 is 0. The van der Waals surface area contributed by atoms with Gasteiger partial charge in [0.1, 0.15) is 18.1 Å². The van der Waals surface area contributed by atoms with Gasteiger partial charge >= 0.3 is 5.97 Å². The lowest BCUT2D eigenvalue weighted by Gasteiger charge is -2.27. The number of nitrogens with one attached hydrogen (secondary N) is 2. The molecule has 13 nitrogen and oxygen atoms in total. The first-order chi connectivity index (χ1) is 13.9. The van der Waals surface area contributed by atoms with Crippen molar-refractivity contribution >= 4 is 35.5 Å². The summed E-state index contributed by atoms with van der Waals surface area (Å²) in [4.78, 5) is 71.4. The molecule has 0 aliphatic carbocycles. The van der Waals surface area contributed by atoms with E-state index in [0.29, 0.717) is 19.4 Å². The molecule has 1 rings (SSSR count). The number of carboxylic acids is 1. The molecule has 0 aromatic rings. The number of carbonyl (C=O) groups excluding carboxylic acids is 5. The number of nitrogens with two attached hydrogens (primary N) is 3. The number of carboxylic acid groups (broad SMARTS) is 1. The van der Waals surface area contributed by atoms with Crippen LogP contribution in [0.3, 0.4) is 0 Å². The fraction of sp³-hybridized carbons (Fsp3) is 0.647. The van der Waals surface area contributed by atoms with Crippen molar-refractivity contribution in [1.82, 2.24) is 15.5 Å². The molecule has 1 fully saturated rings. The van der Waals surface area contributed by atoms with Crippen molar-refractivity contribution in [2.45, 2.75) is 63.2 Å². The number of likely N-dealkylation sites (tertiary alicyclic amines) is 1. The van der Waals surface area contributed by atoms with Crippen LogP contribution in [0.2, 0.25) is 0 Å². The lowest BCUT2D eigenvalue weighted by Crippen LogP contribution is -2.56. The Hall–Kier alpha value is -3.22. The van der Waals surface area contributed by atoms with Crippen LogP contribution in [-0.4, -0.2) is 76.2 Å². The van der Waals surface area contributed by atoms with E-state index in [-0.39, 0.29) is 12.8 Å². The zero-order valence-corrected chi connectivity index (χ0v) is 16.6. The second-order valence-electron chi connectivity index (χ2n) is 7.10. The average Bonchev–Trinajstić information content (AvgIpc) is 3.14. The highest BCUT2D eigenvalue weighted by atomic mass is 16.4. The Morgan fingerprint density at radius 1 is 1.10 bits per heavy atom. The summed E-state index contributed by atoms with van der Waals surface area (Å²) in [5, 5.41) is 13.6. The smallest absolute Gasteiger partial charge is 0.326 e. The fourth-order valence-electron chi connectivity index (χ4n) is 3.01. The van der Waals surface area contributed by atoms with E-state index in [2.05, 4.69) is 10.6 Å². The second-order valence-corrected chi connectivity index (χ2v) is 7.10. The number of amides is 5. The fourth-order valence-corrected chi connectivity index (χ4v) is 3.01. The van der Waals surface area contributed by atoms with Crippen LogP contribution in [0.4, 0.5) is 0 Å². The van der Waals surface area contributed by atoms with Gasteiger partial charge in [-0.2, -0.15) is 0 Å². The van der Waals surface area contributed by atoms with Gasteiger partial charge in [0.2, 0.25) is 29.5 Å². The van der Waals surface area contributed by atoms with Gasteiger partial charge in [-0.1, -0.05) is 0 Å². The Morgan fingerprint density at radius 2 is 1.73 bits per heavy atom. The SMILES string of the molecule is CC(NC(=O)C1CCCN1C(=O)C(N)CCC(N)=O)C(=O)NC(CC(N)=O)C(=O)O. The molecule has 4 unspecified atom stereocenters. The average molecular weight is 428 g/mol. The summed E-state index contributed by atoms with van der Waals surface area (Å²) in [5.41, 5.74) is 15.8. The molecule has 30 heavy (non-hydrogen) atoms. The third-order valence-corrected chi connectivity index (χ3v) is 4.63. The maximum Gasteiger partial charge on any atom is 0.326 e. The molecule has 4 atom stereocenters. The number of primary amides is 2. The molecule has 0 spiro atoms. The van der Waals surface area contributed by atoms with Gasteiger partial charge in [-0.25, -0.2) is 4.79 Å². The first-order valence-electron chi connectivity index (χ1n) is 9.40. The first kappa shape index (κ1) is 24.8. The second kappa shape index (κ2) is 11.1. The van der Waals surface area contributed by atoms with Crippen LogP contribution in [0.15, 0.2) is 0 Å². The van der Waals surface area contributed by atoms with Gasteiger partial charge in [0.15, 0.2) is 0 Å². The summed E-state index contributed by atoms with van der Waals surface area (Å²) in [7, 11) is 0. The molecule has 5 amide bonds. The molecular weight excluding hydrogens is 400 g/mol. The zero-order valence-electron chi connectivity index (χ0n) is 16.6. The molecule has 0 aromatic heterocycles. The summed E-state index contributed by atoms with van der Waals surface area (Å²) in [5.74, 6) is -4.88. The van der Waals surface area contributed by atoms with Crippen molar-refractivity contribution in [3.8, 4) is 0 Å². The van der Waals surface area contributed by atoms with Crippen molar-refractivity contribution in [3.63, 3.8) is 0 Å². The highest BCUT2D eigenvalue weighted by molar-refractivity contribution is 5.95. The van der Waals surface area contributed by atoms with Crippen LogP contribution < -0.4 is 27.8 Å². The van der Waals surface area contributed by atoms with E-state index in [1.54, 1.807) is 0 Å². The highest BCUT2D eigenvalue weighted by Gasteiger charge is 2.37. The van der Waals surface area contributed by atoms with Gasteiger partial charge in [0, 0.05) is 13.0 Å². The third-order valence-electron chi connectivity index (χ3n) is 4.63. The molecule has 1 saturated heterocycles. The third kappa shape index (κ3) is 7.31. The van der Waals surface area contributed by atoms with E-state index in [1.165, 1.54) is 11.8 Å². The van der Waals surface area contributed by atoms with E-state index in [1.807, 2.05) is 0 Å². The summed E-state index contributed by atoms with van der Waals surface area (Å²) < 4.78 is 0. The van der Waals surface area contributed by atoms with Crippen molar-refractivity contribution in [1.29, 1.82) is 0 Å². The predicted octanol–water partition coefficient (Wildman–Crippen LogP) is -3.48. The standard InChI is InChI=1S/C17H28N6O7/c1-8(14(26)22-10(17(29)30)7-13(20)25)21-15(27)11-3-2-6-23(11)16(28)9(18)4-5-12(19)24/h8-11H,2-7,18H2,1H3,(H2,19,24)(H2,20,25)(H,21,27)(H,22,26)(H,29,30). The van der Waals surface area contributed by atoms with Crippen LogP contribution in [0, 0.1) is 0 Å². The van der Waals surface area contributed by atoms with Gasteiger partial charge < -0.3 is 37.8 Å². The predicted molar refractivity (Wildman–Crippen MR) is 102 cm³/mol. The van der Waals surface area contributed by atoms with Crippen LogP contribution in [-0.2, 0) is 28.8 Å². The van der Waals surface area contributed by atoms with E-state index >= 15 is 0 Å². The van der Waals surface area contributed by atoms with E-state index < -0.39 is 66.1 Å². The molecule has 0 aromatic carbocycles. The number of nitrogens with zero attached hydrogens (tertiary/aromatic N) is 1. The molecule has 0 radical (unpaired) electrons. The number of hydrogen-bond donors (Lipinski definition) is 6. The van der Waals surface area contributed by atoms with Crippen LogP contribution >= 0.6 is 0 Å². The van der Waals surface area contributed by atoms with Crippen molar-refractivity contribution in [2.24, 2.45) is 17.2 Å².